The molecular weight excluding hydrogens is 226 g/mol. The van der Waals surface area contributed by atoms with Gasteiger partial charge in [-0.25, -0.2) is 0 Å². The Morgan fingerprint density at radius 2 is 2.22 bits per heavy atom. The topological polar surface area (TPSA) is 62.3 Å². The van der Waals surface area contributed by atoms with Crippen LogP contribution in [0.4, 0.5) is 0 Å². The summed E-state index contributed by atoms with van der Waals surface area (Å²) in [5.74, 6) is 0.969. The van der Waals surface area contributed by atoms with E-state index in [1.165, 1.54) is 19.3 Å². The van der Waals surface area contributed by atoms with Gasteiger partial charge in [0.15, 0.2) is 0 Å². The molecule has 18 heavy (non-hydrogen) atoms. The number of ether oxygens (including phenoxy) is 1. The summed E-state index contributed by atoms with van der Waals surface area (Å²) < 4.78 is 5.37. The van der Waals surface area contributed by atoms with Crippen LogP contribution in [0.3, 0.4) is 0 Å². The van der Waals surface area contributed by atoms with Gasteiger partial charge in [0.2, 0.25) is 0 Å². The van der Waals surface area contributed by atoms with Crippen LogP contribution in [0.1, 0.15) is 30.4 Å². The molecule has 1 fully saturated rings. The average Bonchev–Trinajstić information content (AvgIpc) is 2.26. The third kappa shape index (κ3) is 2.64. The first-order valence-electron chi connectivity index (χ1n) is 6.33. The summed E-state index contributed by atoms with van der Waals surface area (Å²) in [5.41, 5.74) is 7.39. The summed E-state index contributed by atoms with van der Waals surface area (Å²) in [4.78, 5) is 2.35. The molecule has 0 spiro atoms. The van der Waals surface area contributed by atoms with Gasteiger partial charge in [0.05, 0.1) is 7.11 Å². The highest BCUT2D eigenvalue weighted by atomic mass is 16.5. The fraction of sp³-hybridized carbons (Fsp3) is 0.500. The molecule has 1 aliphatic carbocycles. The largest absolute Gasteiger partial charge is 0.496 e. The molecular formula is C14H21N3O. The van der Waals surface area contributed by atoms with Gasteiger partial charge in [-0.2, -0.15) is 0 Å². The van der Waals surface area contributed by atoms with Crippen LogP contribution in [0.15, 0.2) is 18.2 Å². The van der Waals surface area contributed by atoms with Gasteiger partial charge in [-0.3, -0.25) is 10.3 Å². The van der Waals surface area contributed by atoms with E-state index in [0.29, 0.717) is 6.04 Å². The third-order valence-corrected chi connectivity index (χ3v) is 3.71. The van der Waals surface area contributed by atoms with Gasteiger partial charge in [0.1, 0.15) is 11.6 Å². The number of nitrogens with two attached hydrogens (primary N) is 1. The van der Waals surface area contributed by atoms with E-state index < -0.39 is 0 Å². The summed E-state index contributed by atoms with van der Waals surface area (Å²) >= 11 is 0. The number of nitrogens with one attached hydrogen (secondary N) is 1. The second-order valence-electron chi connectivity index (χ2n) is 4.94. The van der Waals surface area contributed by atoms with E-state index in [1.807, 2.05) is 18.2 Å². The van der Waals surface area contributed by atoms with Crippen LogP contribution in [-0.4, -0.2) is 30.9 Å². The van der Waals surface area contributed by atoms with Crippen molar-refractivity contribution >= 4 is 5.84 Å². The molecule has 4 heteroatoms. The van der Waals surface area contributed by atoms with Crippen molar-refractivity contribution in [1.29, 1.82) is 5.41 Å². The van der Waals surface area contributed by atoms with Crippen LogP contribution in [0.25, 0.3) is 0 Å². The Balaban J connectivity index is 2.17. The molecule has 1 aromatic carbocycles. The highest BCUT2D eigenvalue weighted by molar-refractivity contribution is 5.95. The Hall–Kier alpha value is -1.55. The highest BCUT2D eigenvalue weighted by Crippen LogP contribution is 2.27. The molecule has 0 unspecified atom stereocenters. The van der Waals surface area contributed by atoms with Crippen LogP contribution in [0, 0.1) is 5.41 Å². The van der Waals surface area contributed by atoms with E-state index in [-0.39, 0.29) is 5.84 Å². The maximum absolute atomic E-state index is 7.50. The minimum Gasteiger partial charge on any atom is -0.496 e. The SMILES string of the molecule is COc1ccc(C(=N)N)cc1CN(C)C1CCC1. The second-order valence-corrected chi connectivity index (χ2v) is 4.94. The molecule has 0 atom stereocenters. The van der Waals surface area contributed by atoms with Gasteiger partial charge in [-0.1, -0.05) is 6.42 Å². The molecule has 0 amide bonds. The summed E-state index contributed by atoms with van der Waals surface area (Å²) in [6.45, 7) is 0.842. The number of nitrogens with zero attached hydrogens (tertiary/aromatic N) is 1. The number of rotatable bonds is 5. The number of amidine groups is 1. The van der Waals surface area contributed by atoms with E-state index in [0.717, 1.165) is 23.4 Å². The predicted molar refractivity (Wildman–Crippen MR) is 73.1 cm³/mol. The standard InChI is InChI=1S/C14H21N3O/c1-17(12-4-3-5-12)9-11-8-10(14(15)16)6-7-13(11)18-2/h6-8,12H,3-5,9H2,1-2H3,(H3,15,16). The van der Waals surface area contributed by atoms with E-state index in [4.69, 9.17) is 15.9 Å². The fourth-order valence-corrected chi connectivity index (χ4v) is 2.29. The van der Waals surface area contributed by atoms with E-state index in [9.17, 15) is 0 Å². The number of hydrogen-bond donors (Lipinski definition) is 2. The Morgan fingerprint density at radius 1 is 1.50 bits per heavy atom. The lowest BCUT2D eigenvalue weighted by Gasteiger charge is -2.35. The first-order chi connectivity index (χ1) is 8.61. The summed E-state index contributed by atoms with van der Waals surface area (Å²) in [5, 5.41) is 7.50. The van der Waals surface area contributed by atoms with E-state index in [1.54, 1.807) is 7.11 Å². The van der Waals surface area contributed by atoms with Gasteiger partial charge in [-0.05, 0) is 38.1 Å². The van der Waals surface area contributed by atoms with Crippen molar-refractivity contribution in [3.05, 3.63) is 29.3 Å². The smallest absolute Gasteiger partial charge is 0.123 e. The van der Waals surface area contributed by atoms with E-state index >= 15 is 0 Å². The monoisotopic (exact) mass is 247 g/mol. The fourth-order valence-electron chi connectivity index (χ4n) is 2.29. The molecule has 0 bridgehead atoms. The first-order valence-corrected chi connectivity index (χ1v) is 6.33. The number of benzene rings is 1. The zero-order valence-electron chi connectivity index (χ0n) is 11.1. The summed E-state index contributed by atoms with van der Waals surface area (Å²) in [6.07, 6.45) is 3.90. The Kier molecular flexibility index (Phi) is 3.87. The van der Waals surface area contributed by atoms with Gasteiger partial charge >= 0.3 is 0 Å². The quantitative estimate of drug-likeness (QED) is 0.617. The molecule has 1 aliphatic rings. The summed E-state index contributed by atoms with van der Waals surface area (Å²) in [6, 6.07) is 6.36. The normalized spacial score (nSPS) is 15.5. The third-order valence-electron chi connectivity index (χ3n) is 3.71. The molecule has 0 saturated heterocycles. The van der Waals surface area contributed by atoms with Crippen molar-refractivity contribution in [3.8, 4) is 5.75 Å². The van der Waals surface area contributed by atoms with Crippen LogP contribution in [0.2, 0.25) is 0 Å². The lowest BCUT2D eigenvalue weighted by Crippen LogP contribution is -2.36. The molecule has 4 nitrogen and oxygen atoms in total. The summed E-state index contributed by atoms with van der Waals surface area (Å²) in [7, 11) is 3.82. The van der Waals surface area contributed by atoms with Gasteiger partial charge in [-0.15, -0.1) is 0 Å². The van der Waals surface area contributed by atoms with Gasteiger partial charge in [0, 0.05) is 23.7 Å². The molecule has 0 radical (unpaired) electrons. The van der Waals surface area contributed by atoms with Crippen LogP contribution in [0.5, 0.6) is 5.75 Å². The average molecular weight is 247 g/mol. The molecule has 2 rings (SSSR count). The van der Waals surface area contributed by atoms with Crippen molar-refractivity contribution in [2.45, 2.75) is 31.8 Å². The highest BCUT2D eigenvalue weighted by Gasteiger charge is 2.22. The van der Waals surface area contributed by atoms with E-state index in [2.05, 4.69) is 11.9 Å². The van der Waals surface area contributed by atoms with Gasteiger partial charge < -0.3 is 10.5 Å². The molecule has 0 aromatic heterocycles. The first kappa shape index (κ1) is 12.9. The molecule has 1 saturated carbocycles. The molecule has 98 valence electrons. The predicted octanol–water partition coefficient (Wildman–Crippen LogP) is 1.96. The van der Waals surface area contributed by atoms with Crippen molar-refractivity contribution in [2.24, 2.45) is 5.73 Å². The van der Waals surface area contributed by atoms with Crippen molar-refractivity contribution in [2.75, 3.05) is 14.2 Å². The molecule has 3 N–H and O–H groups in total. The van der Waals surface area contributed by atoms with Crippen LogP contribution >= 0.6 is 0 Å². The van der Waals surface area contributed by atoms with Crippen molar-refractivity contribution in [3.63, 3.8) is 0 Å². The number of nitrogen functional groups attached to an aromatic ring is 1. The van der Waals surface area contributed by atoms with Crippen molar-refractivity contribution < 1.29 is 4.74 Å². The molecule has 0 heterocycles. The zero-order chi connectivity index (χ0) is 13.1. The van der Waals surface area contributed by atoms with Crippen LogP contribution in [-0.2, 0) is 6.54 Å². The maximum atomic E-state index is 7.50. The van der Waals surface area contributed by atoms with Gasteiger partial charge in [0.25, 0.3) is 0 Å². The van der Waals surface area contributed by atoms with Crippen molar-refractivity contribution in [1.82, 2.24) is 4.90 Å². The molecule has 1 aromatic rings. The maximum Gasteiger partial charge on any atom is 0.123 e. The second kappa shape index (κ2) is 5.40. The van der Waals surface area contributed by atoms with Crippen LogP contribution < -0.4 is 10.5 Å². The minimum atomic E-state index is 0.102. The Labute approximate surface area is 108 Å². The minimum absolute atomic E-state index is 0.102. The Bertz CT molecular complexity index is 441. The number of hydrogen-bond acceptors (Lipinski definition) is 3. The Morgan fingerprint density at radius 3 is 2.72 bits per heavy atom. The molecule has 0 aliphatic heterocycles. The zero-order valence-corrected chi connectivity index (χ0v) is 11.1. The lowest BCUT2D eigenvalue weighted by molar-refractivity contribution is 0.151. The lowest BCUT2D eigenvalue weighted by atomic mass is 9.91. The number of methoxy groups -OCH3 is 1.